The number of amides is 1. The molecule has 2 unspecified atom stereocenters. The highest BCUT2D eigenvalue weighted by Gasteiger charge is 2.29. The first-order valence-electron chi connectivity index (χ1n) is 5.90. The maximum atomic E-state index is 11.7. The zero-order valence-corrected chi connectivity index (χ0v) is 11.6. The molecule has 1 saturated heterocycles. The van der Waals surface area contributed by atoms with Crippen molar-refractivity contribution in [2.24, 2.45) is 5.73 Å². The van der Waals surface area contributed by atoms with Gasteiger partial charge >= 0.3 is 0 Å². The van der Waals surface area contributed by atoms with Crippen molar-refractivity contribution in [2.75, 3.05) is 32.9 Å². The Morgan fingerprint density at radius 1 is 1.44 bits per heavy atom. The molecule has 0 aromatic heterocycles. The fourth-order valence-corrected chi connectivity index (χ4v) is 2.40. The number of carbonyl (C=O) groups is 1. The van der Waals surface area contributed by atoms with E-state index in [9.17, 15) is 13.2 Å². The second-order valence-electron chi connectivity index (χ2n) is 4.45. The molecule has 1 aliphatic heterocycles. The lowest BCUT2D eigenvalue weighted by Gasteiger charge is -2.14. The normalized spacial score (nSPS) is 24.4. The summed E-state index contributed by atoms with van der Waals surface area (Å²) in [6, 6.07) is 0. The number of nitrogens with one attached hydrogen (secondary N) is 1. The maximum Gasteiger partial charge on any atom is 0.249 e. The van der Waals surface area contributed by atoms with Crippen LogP contribution in [0.5, 0.6) is 0 Å². The van der Waals surface area contributed by atoms with Crippen molar-refractivity contribution in [3.63, 3.8) is 0 Å². The largest absolute Gasteiger partial charge is 0.364 e. The van der Waals surface area contributed by atoms with E-state index in [2.05, 4.69) is 5.32 Å². The molecule has 1 amide bonds. The van der Waals surface area contributed by atoms with E-state index in [4.69, 9.17) is 10.5 Å². The van der Waals surface area contributed by atoms with E-state index < -0.39 is 16.1 Å². The van der Waals surface area contributed by atoms with Gasteiger partial charge in [-0.2, -0.15) is 0 Å². The monoisotopic (exact) mass is 279 g/mol. The molecular formula is C10H21N3O4S. The van der Waals surface area contributed by atoms with E-state index in [1.807, 2.05) is 0 Å². The first-order chi connectivity index (χ1) is 8.36. The van der Waals surface area contributed by atoms with Crippen molar-refractivity contribution < 1.29 is 17.9 Å². The Hall–Kier alpha value is -0.700. The van der Waals surface area contributed by atoms with E-state index in [1.165, 1.54) is 14.1 Å². The average molecular weight is 279 g/mol. The molecule has 0 bridgehead atoms. The molecule has 0 aromatic rings. The smallest absolute Gasteiger partial charge is 0.249 e. The van der Waals surface area contributed by atoms with Gasteiger partial charge in [0.25, 0.3) is 0 Å². The van der Waals surface area contributed by atoms with Crippen LogP contribution in [0.1, 0.15) is 12.8 Å². The standard InChI is InChI=1S/C10H21N3O4S/c1-13(2)18(15,16)6-5-12-10(14)9-4-3-8(7-11)17-9/h8-9H,3-7,11H2,1-2H3,(H,12,14). The van der Waals surface area contributed by atoms with Crippen LogP contribution in [0.4, 0.5) is 0 Å². The Morgan fingerprint density at radius 3 is 2.61 bits per heavy atom. The molecule has 0 radical (unpaired) electrons. The third kappa shape index (κ3) is 4.20. The van der Waals surface area contributed by atoms with Crippen LogP contribution in [-0.4, -0.2) is 63.8 Å². The van der Waals surface area contributed by atoms with Gasteiger partial charge in [0, 0.05) is 27.2 Å². The van der Waals surface area contributed by atoms with Crippen molar-refractivity contribution in [1.82, 2.24) is 9.62 Å². The summed E-state index contributed by atoms with van der Waals surface area (Å²) in [6.45, 7) is 0.491. The molecule has 18 heavy (non-hydrogen) atoms. The highest BCUT2D eigenvalue weighted by Crippen LogP contribution is 2.18. The number of nitrogens with zero attached hydrogens (tertiary/aromatic N) is 1. The Labute approximate surface area is 108 Å². The molecule has 1 heterocycles. The van der Waals surface area contributed by atoms with Crippen molar-refractivity contribution in [3.05, 3.63) is 0 Å². The van der Waals surface area contributed by atoms with E-state index in [0.717, 1.165) is 10.7 Å². The SMILES string of the molecule is CN(C)S(=O)(=O)CCNC(=O)C1CCC(CN)O1. The van der Waals surface area contributed by atoms with Gasteiger partial charge in [-0.1, -0.05) is 0 Å². The van der Waals surface area contributed by atoms with Crippen LogP contribution in [0, 0.1) is 0 Å². The molecule has 0 aliphatic carbocycles. The quantitative estimate of drug-likeness (QED) is 0.616. The van der Waals surface area contributed by atoms with Crippen LogP contribution < -0.4 is 11.1 Å². The lowest BCUT2D eigenvalue weighted by atomic mass is 10.2. The van der Waals surface area contributed by atoms with Crippen molar-refractivity contribution in [3.8, 4) is 0 Å². The van der Waals surface area contributed by atoms with Crippen LogP contribution in [-0.2, 0) is 19.6 Å². The Kier molecular flexibility index (Phi) is 5.51. The van der Waals surface area contributed by atoms with Gasteiger partial charge in [0.1, 0.15) is 6.10 Å². The van der Waals surface area contributed by atoms with E-state index >= 15 is 0 Å². The van der Waals surface area contributed by atoms with Crippen LogP contribution in [0.3, 0.4) is 0 Å². The summed E-state index contributed by atoms with van der Waals surface area (Å²) in [5, 5.41) is 2.57. The number of hydrogen-bond donors (Lipinski definition) is 2. The summed E-state index contributed by atoms with van der Waals surface area (Å²) in [7, 11) is -0.352. The van der Waals surface area contributed by atoms with Gasteiger partial charge in [-0.05, 0) is 12.8 Å². The molecule has 0 aromatic carbocycles. The zero-order valence-electron chi connectivity index (χ0n) is 10.8. The molecule has 7 nitrogen and oxygen atoms in total. The molecule has 3 N–H and O–H groups in total. The highest BCUT2D eigenvalue weighted by atomic mass is 32.2. The molecule has 1 rings (SSSR count). The Morgan fingerprint density at radius 2 is 2.11 bits per heavy atom. The van der Waals surface area contributed by atoms with Gasteiger partial charge in [0.15, 0.2) is 0 Å². The van der Waals surface area contributed by atoms with Gasteiger partial charge in [0.05, 0.1) is 11.9 Å². The second-order valence-corrected chi connectivity index (χ2v) is 6.75. The second kappa shape index (κ2) is 6.46. The van der Waals surface area contributed by atoms with Gasteiger partial charge < -0.3 is 15.8 Å². The number of carbonyl (C=O) groups excluding carboxylic acids is 1. The predicted molar refractivity (Wildman–Crippen MR) is 67.4 cm³/mol. The van der Waals surface area contributed by atoms with Crippen molar-refractivity contribution in [1.29, 1.82) is 0 Å². The molecule has 0 saturated carbocycles. The van der Waals surface area contributed by atoms with E-state index in [0.29, 0.717) is 13.0 Å². The fraction of sp³-hybridized carbons (Fsp3) is 0.900. The lowest BCUT2D eigenvalue weighted by molar-refractivity contribution is -0.131. The number of nitrogens with two attached hydrogens (primary N) is 1. The molecule has 1 aliphatic rings. The molecule has 8 heteroatoms. The topological polar surface area (TPSA) is 102 Å². The summed E-state index contributed by atoms with van der Waals surface area (Å²) >= 11 is 0. The number of hydrogen-bond acceptors (Lipinski definition) is 5. The molecule has 2 atom stereocenters. The summed E-state index contributed by atoms with van der Waals surface area (Å²) < 4.78 is 29.5. The van der Waals surface area contributed by atoms with Crippen LogP contribution >= 0.6 is 0 Å². The lowest BCUT2D eigenvalue weighted by Crippen LogP contribution is -2.39. The van der Waals surface area contributed by atoms with E-state index in [1.54, 1.807) is 0 Å². The zero-order chi connectivity index (χ0) is 13.8. The van der Waals surface area contributed by atoms with Crippen LogP contribution in [0.2, 0.25) is 0 Å². The highest BCUT2D eigenvalue weighted by molar-refractivity contribution is 7.89. The van der Waals surface area contributed by atoms with Gasteiger partial charge in [-0.15, -0.1) is 0 Å². The van der Waals surface area contributed by atoms with Gasteiger partial charge in [-0.25, -0.2) is 12.7 Å². The summed E-state index contributed by atoms with van der Waals surface area (Å²) in [4.78, 5) is 11.7. The predicted octanol–water partition coefficient (Wildman–Crippen LogP) is -1.50. The Bertz CT molecular complexity index is 383. The first kappa shape index (κ1) is 15.4. The fourth-order valence-electron chi connectivity index (χ4n) is 1.67. The van der Waals surface area contributed by atoms with Crippen LogP contribution in [0.25, 0.3) is 0 Å². The Balaban J connectivity index is 2.30. The minimum absolute atomic E-state index is 0.0637. The third-order valence-corrected chi connectivity index (χ3v) is 4.71. The maximum absolute atomic E-state index is 11.7. The van der Waals surface area contributed by atoms with Crippen molar-refractivity contribution >= 4 is 15.9 Å². The third-order valence-electron chi connectivity index (χ3n) is 2.88. The summed E-state index contributed by atoms with van der Waals surface area (Å²) in [5.74, 6) is -0.376. The molecule has 0 spiro atoms. The number of rotatable bonds is 6. The number of sulfonamides is 1. The first-order valence-corrected chi connectivity index (χ1v) is 7.51. The van der Waals surface area contributed by atoms with Gasteiger partial charge in [0.2, 0.25) is 15.9 Å². The van der Waals surface area contributed by atoms with Gasteiger partial charge in [-0.3, -0.25) is 4.79 Å². The summed E-state index contributed by atoms with van der Waals surface area (Å²) in [6.07, 6.45) is 0.838. The molecule has 106 valence electrons. The minimum atomic E-state index is -3.28. The minimum Gasteiger partial charge on any atom is -0.364 e. The van der Waals surface area contributed by atoms with Crippen LogP contribution in [0.15, 0.2) is 0 Å². The van der Waals surface area contributed by atoms with Crippen molar-refractivity contribution in [2.45, 2.75) is 25.0 Å². The van der Waals surface area contributed by atoms with E-state index in [-0.39, 0.29) is 24.3 Å². The molecule has 1 fully saturated rings. The molecular weight excluding hydrogens is 258 g/mol. The number of ether oxygens (including phenoxy) is 1. The average Bonchev–Trinajstić information content (AvgIpc) is 2.76. The summed E-state index contributed by atoms with van der Waals surface area (Å²) in [5.41, 5.74) is 5.45.